The van der Waals surface area contributed by atoms with Crippen LogP contribution in [0.5, 0.6) is 5.75 Å². The van der Waals surface area contributed by atoms with Gasteiger partial charge < -0.3 is 15.2 Å². The van der Waals surface area contributed by atoms with Crippen molar-refractivity contribution in [3.8, 4) is 17.1 Å². The van der Waals surface area contributed by atoms with Crippen LogP contribution in [0.3, 0.4) is 0 Å². The molecule has 0 atom stereocenters. The molecule has 5 aromatic rings. The van der Waals surface area contributed by atoms with E-state index in [0.29, 0.717) is 28.7 Å². The Hall–Kier alpha value is -4.66. The minimum Gasteiger partial charge on any atom is -0.497 e. The maximum atomic E-state index is 11.0. The van der Waals surface area contributed by atoms with Crippen LogP contribution in [-0.2, 0) is 0 Å². The maximum absolute atomic E-state index is 11.0. The predicted octanol–water partition coefficient (Wildman–Crippen LogP) is 4.79. The van der Waals surface area contributed by atoms with Gasteiger partial charge in [-0.15, -0.1) is 15.3 Å². The van der Waals surface area contributed by atoms with E-state index in [9.17, 15) is 4.79 Å². The third-order valence-corrected chi connectivity index (χ3v) is 4.99. The van der Waals surface area contributed by atoms with Crippen LogP contribution in [0.4, 0.5) is 22.0 Å². The van der Waals surface area contributed by atoms with Crippen molar-refractivity contribution in [2.24, 2.45) is 0 Å². The molecule has 9 heteroatoms. The molecule has 0 bridgehead atoms. The van der Waals surface area contributed by atoms with Crippen molar-refractivity contribution in [1.82, 2.24) is 19.8 Å². The first-order valence-corrected chi connectivity index (χ1v) is 9.78. The van der Waals surface area contributed by atoms with E-state index in [1.54, 1.807) is 29.8 Å². The largest absolute Gasteiger partial charge is 0.497 e. The van der Waals surface area contributed by atoms with Crippen molar-refractivity contribution in [3.05, 3.63) is 72.8 Å². The molecular formula is C23H18N6O3. The minimum atomic E-state index is -1.12. The highest BCUT2D eigenvalue weighted by atomic mass is 16.5. The second-order valence-electron chi connectivity index (χ2n) is 7.02. The summed E-state index contributed by atoms with van der Waals surface area (Å²) in [5.74, 6) is 1.94. The number of aromatic nitrogens is 4. The zero-order valence-electron chi connectivity index (χ0n) is 17.0. The monoisotopic (exact) mass is 426 g/mol. The molecule has 0 spiro atoms. The van der Waals surface area contributed by atoms with Gasteiger partial charge in [-0.05, 0) is 42.5 Å². The fourth-order valence-electron chi connectivity index (χ4n) is 3.53. The van der Waals surface area contributed by atoms with Crippen LogP contribution in [0.15, 0.2) is 72.8 Å². The molecule has 9 nitrogen and oxygen atoms in total. The van der Waals surface area contributed by atoms with E-state index >= 15 is 0 Å². The average Bonchev–Trinajstić information content (AvgIpc) is 3.23. The summed E-state index contributed by atoms with van der Waals surface area (Å²) in [6.07, 6.45) is -1.12. The van der Waals surface area contributed by atoms with Crippen LogP contribution in [0.1, 0.15) is 0 Å². The Morgan fingerprint density at radius 3 is 2.44 bits per heavy atom. The molecule has 0 radical (unpaired) electrons. The number of nitrogens with one attached hydrogen (secondary N) is 2. The van der Waals surface area contributed by atoms with Gasteiger partial charge in [-0.1, -0.05) is 30.3 Å². The van der Waals surface area contributed by atoms with E-state index in [2.05, 4.69) is 20.8 Å². The Bertz CT molecular complexity index is 1450. The Kier molecular flexibility index (Phi) is 4.75. The van der Waals surface area contributed by atoms with E-state index in [0.717, 1.165) is 22.1 Å². The van der Waals surface area contributed by atoms with Crippen molar-refractivity contribution < 1.29 is 14.6 Å². The molecule has 0 unspecified atom stereocenters. The van der Waals surface area contributed by atoms with E-state index in [4.69, 9.17) is 14.9 Å². The molecule has 5 rings (SSSR count). The summed E-state index contributed by atoms with van der Waals surface area (Å²) < 4.78 is 6.94. The van der Waals surface area contributed by atoms with Gasteiger partial charge in [0.05, 0.1) is 7.11 Å². The molecule has 3 aromatic carbocycles. The van der Waals surface area contributed by atoms with Gasteiger partial charge in [0.2, 0.25) is 0 Å². The molecular weight excluding hydrogens is 408 g/mol. The number of hydrogen-bond donors (Lipinski definition) is 3. The SMILES string of the molecule is COc1ccc(-c2nnc3c4ccccc4c(Nc4cccc(NC(=O)O)c4)nn23)cc1. The van der Waals surface area contributed by atoms with Gasteiger partial charge in [0.15, 0.2) is 17.3 Å². The van der Waals surface area contributed by atoms with Crippen LogP contribution in [-0.4, -0.2) is 38.1 Å². The first-order chi connectivity index (χ1) is 15.6. The highest BCUT2D eigenvalue weighted by molar-refractivity contribution is 6.01. The molecule has 0 aliphatic heterocycles. The molecule has 0 saturated heterocycles. The van der Waals surface area contributed by atoms with Crippen molar-refractivity contribution in [1.29, 1.82) is 0 Å². The van der Waals surface area contributed by atoms with Crippen LogP contribution < -0.4 is 15.4 Å². The fourth-order valence-corrected chi connectivity index (χ4v) is 3.53. The third-order valence-electron chi connectivity index (χ3n) is 4.99. The Balaban J connectivity index is 1.64. The molecule has 0 fully saturated rings. The first kappa shape index (κ1) is 19.3. The topological polar surface area (TPSA) is 114 Å². The smallest absolute Gasteiger partial charge is 0.409 e. The van der Waals surface area contributed by atoms with Crippen LogP contribution in [0.25, 0.3) is 27.8 Å². The minimum absolute atomic E-state index is 0.455. The molecule has 2 heterocycles. The van der Waals surface area contributed by atoms with Crippen molar-refractivity contribution in [3.63, 3.8) is 0 Å². The van der Waals surface area contributed by atoms with E-state index in [1.807, 2.05) is 54.6 Å². The van der Waals surface area contributed by atoms with Crippen molar-refractivity contribution in [2.45, 2.75) is 0 Å². The number of nitrogens with zero attached hydrogens (tertiary/aromatic N) is 4. The van der Waals surface area contributed by atoms with Gasteiger partial charge in [-0.25, -0.2) is 4.79 Å². The molecule has 32 heavy (non-hydrogen) atoms. The van der Waals surface area contributed by atoms with Gasteiger partial charge in [0, 0.05) is 27.7 Å². The Morgan fingerprint density at radius 2 is 1.69 bits per heavy atom. The Labute approximate surface area is 182 Å². The average molecular weight is 426 g/mol. The molecule has 3 N–H and O–H groups in total. The number of carboxylic acid groups (broad SMARTS) is 1. The maximum Gasteiger partial charge on any atom is 0.409 e. The second-order valence-corrected chi connectivity index (χ2v) is 7.02. The highest BCUT2D eigenvalue weighted by Gasteiger charge is 2.16. The lowest BCUT2D eigenvalue weighted by molar-refractivity contribution is 0.210. The summed E-state index contributed by atoms with van der Waals surface area (Å²) >= 11 is 0. The summed E-state index contributed by atoms with van der Waals surface area (Å²) in [6.45, 7) is 0. The van der Waals surface area contributed by atoms with Crippen LogP contribution >= 0.6 is 0 Å². The normalized spacial score (nSPS) is 10.9. The van der Waals surface area contributed by atoms with Crippen molar-refractivity contribution >= 4 is 39.7 Å². The first-order valence-electron chi connectivity index (χ1n) is 9.78. The summed E-state index contributed by atoms with van der Waals surface area (Å²) in [5.41, 5.74) is 2.63. The van der Waals surface area contributed by atoms with Crippen LogP contribution in [0, 0.1) is 0 Å². The van der Waals surface area contributed by atoms with Crippen LogP contribution in [0.2, 0.25) is 0 Å². The highest BCUT2D eigenvalue weighted by Crippen LogP contribution is 2.30. The Morgan fingerprint density at radius 1 is 0.938 bits per heavy atom. The number of benzene rings is 3. The third kappa shape index (κ3) is 3.52. The summed E-state index contributed by atoms with van der Waals surface area (Å²) in [4.78, 5) is 11.0. The lowest BCUT2D eigenvalue weighted by Crippen LogP contribution is -2.07. The zero-order chi connectivity index (χ0) is 22.1. The van der Waals surface area contributed by atoms with E-state index in [1.165, 1.54) is 0 Å². The van der Waals surface area contributed by atoms with E-state index < -0.39 is 6.09 Å². The predicted molar refractivity (Wildman–Crippen MR) is 122 cm³/mol. The summed E-state index contributed by atoms with van der Waals surface area (Å²) in [6, 6.07) is 22.3. The van der Waals surface area contributed by atoms with E-state index in [-0.39, 0.29) is 0 Å². The standard InChI is InChI=1S/C23H18N6O3/c1-32-17-11-9-14(10-12-17)21-26-27-22-19-8-3-2-7-18(19)20(28-29(21)22)24-15-5-4-6-16(13-15)25-23(30)31/h2-13,25H,1H3,(H,24,28)(H,30,31). The number of hydrogen-bond acceptors (Lipinski definition) is 6. The number of carbonyl (C=O) groups is 1. The number of ether oxygens (including phenoxy) is 1. The lowest BCUT2D eigenvalue weighted by Gasteiger charge is -2.11. The molecule has 0 saturated carbocycles. The number of anilines is 3. The second kappa shape index (κ2) is 7.88. The molecule has 0 aliphatic carbocycles. The number of rotatable bonds is 5. The number of amides is 1. The van der Waals surface area contributed by atoms with Gasteiger partial charge in [0.1, 0.15) is 5.75 Å². The molecule has 0 aliphatic rings. The fraction of sp³-hybridized carbons (Fsp3) is 0.0435. The quantitative estimate of drug-likeness (QED) is 0.370. The zero-order valence-corrected chi connectivity index (χ0v) is 17.0. The van der Waals surface area contributed by atoms with Gasteiger partial charge in [-0.3, -0.25) is 5.32 Å². The summed E-state index contributed by atoms with van der Waals surface area (Å²) in [7, 11) is 1.62. The summed E-state index contributed by atoms with van der Waals surface area (Å²) in [5, 5.41) is 29.9. The van der Waals surface area contributed by atoms with Gasteiger partial charge >= 0.3 is 6.09 Å². The van der Waals surface area contributed by atoms with Gasteiger partial charge in [-0.2, -0.15) is 4.52 Å². The number of methoxy groups -OCH3 is 1. The molecule has 1 amide bonds. The molecule has 158 valence electrons. The lowest BCUT2D eigenvalue weighted by atomic mass is 10.1. The number of fused-ring (bicyclic) bond motifs is 3. The van der Waals surface area contributed by atoms with Crippen molar-refractivity contribution in [2.75, 3.05) is 17.7 Å². The van der Waals surface area contributed by atoms with Gasteiger partial charge in [0.25, 0.3) is 0 Å². The molecule has 2 aromatic heterocycles.